The van der Waals surface area contributed by atoms with Gasteiger partial charge in [0.2, 0.25) is 0 Å². The fourth-order valence-corrected chi connectivity index (χ4v) is 2.58. The fraction of sp³-hybridized carbons (Fsp3) is 0.867. The first kappa shape index (κ1) is 18.6. The Labute approximate surface area is 136 Å². The first-order chi connectivity index (χ1) is 9.88. The van der Waals surface area contributed by atoms with Crippen molar-refractivity contribution in [2.75, 3.05) is 6.61 Å². The Morgan fingerprint density at radius 1 is 1.10 bits per heavy atom. The van der Waals surface area contributed by atoms with E-state index in [4.69, 9.17) is 32.7 Å². The van der Waals surface area contributed by atoms with Crippen LogP contribution in [0.1, 0.15) is 52.4 Å². The van der Waals surface area contributed by atoms with E-state index in [1.165, 1.54) is 0 Å². The van der Waals surface area contributed by atoms with Crippen LogP contribution in [0.15, 0.2) is 0 Å². The molecule has 0 bridgehead atoms. The number of rotatable bonds is 7. The number of carbonyl (C=O) groups is 2. The molecule has 1 rings (SSSR count). The Bertz CT molecular complexity index is 347. The Kier molecular flexibility index (Phi) is 8.42. The third-order valence-corrected chi connectivity index (χ3v) is 4.23. The minimum absolute atomic E-state index is 0.0233. The van der Waals surface area contributed by atoms with Gasteiger partial charge in [-0.05, 0) is 37.5 Å². The van der Waals surface area contributed by atoms with Crippen LogP contribution in [0.3, 0.4) is 0 Å². The van der Waals surface area contributed by atoms with Crippen LogP contribution >= 0.6 is 23.2 Å². The second-order valence-electron chi connectivity index (χ2n) is 5.81. The summed E-state index contributed by atoms with van der Waals surface area (Å²) >= 11 is 10.9. The molecule has 1 fully saturated rings. The monoisotopic (exact) mass is 338 g/mol. The number of ether oxygens (including phenoxy) is 2. The van der Waals surface area contributed by atoms with E-state index in [1.54, 1.807) is 0 Å². The number of carbonyl (C=O) groups excluding carboxylic acids is 2. The molecule has 1 saturated carbocycles. The topological polar surface area (TPSA) is 52.6 Å². The van der Waals surface area contributed by atoms with Crippen molar-refractivity contribution in [3.63, 3.8) is 0 Å². The van der Waals surface area contributed by atoms with Crippen molar-refractivity contribution < 1.29 is 19.1 Å². The number of hydrogen-bond donors (Lipinski definition) is 0. The lowest BCUT2D eigenvalue weighted by Crippen LogP contribution is -2.28. The van der Waals surface area contributed by atoms with Gasteiger partial charge >= 0.3 is 11.9 Å². The standard InChI is InChI=1S/C15H24Cl2O4/c1-10-6-7-12(8-11(10)2)21-15(19)5-3-4-14(18)20-9-13(16)17/h10-13H,3-9H2,1-2H3. The van der Waals surface area contributed by atoms with Crippen molar-refractivity contribution in [1.29, 1.82) is 0 Å². The summed E-state index contributed by atoms with van der Waals surface area (Å²) in [5, 5.41) is 0. The van der Waals surface area contributed by atoms with Gasteiger partial charge in [0.15, 0.2) is 0 Å². The molecule has 3 atom stereocenters. The zero-order valence-electron chi connectivity index (χ0n) is 12.6. The van der Waals surface area contributed by atoms with Gasteiger partial charge in [0, 0.05) is 12.8 Å². The molecule has 1 aliphatic rings. The van der Waals surface area contributed by atoms with E-state index in [0.29, 0.717) is 18.3 Å². The minimum Gasteiger partial charge on any atom is -0.463 e. The third kappa shape index (κ3) is 7.91. The molecular formula is C15H24Cl2O4. The van der Waals surface area contributed by atoms with Gasteiger partial charge in [-0.3, -0.25) is 9.59 Å². The smallest absolute Gasteiger partial charge is 0.306 e. The summed E-state index contributed by atoms with van der Waals surface area (Å²) in [5.41, 5.74) is 0. The molecular weight excluding hydrogens is 315 g/mol. The molecule has 0 heterocycles. The van der Waals surface area contributed by atoms with E-state index >= 15 is 0 Å². The molecule has 6 heteroatoms. The molecule has 4 nitrogen and oxygen atoms in total. The molecule has 122 valence electrons. The first-order valence-electron chi connectivity index (χ1n) is 7.51. The molecule has 0 aromatic heterocycles. The second kappa shape index (κ2) is 9.52. The predicted octanol–water partition coefficient (Wildman–Crippen LogP) is 3.87. The Morgan fingerprint density at radius 3 is 2.38 bits per heavy atom. The zero-order chi connectivity index (χ0) is 15.8. The Morgan fingerprint density at radius 2 is 1.76 bits per heavy atom. The molecule has 0 aliphatic heterocycles. The van der Waals surface area contributed by atoms with Crippen molar-refractivity contribution in [2.24, 2.45) is 11.8 Å². The van der Waals surface area contributed by atoms with Crippen LogP contribution in [0.5, 0.6) is 0 Å². The third-order valence-electron chi connectivity index (χ3n) is 3.98. The quantitative estimate of drug-likeness (QED) is 0.522. The summed E-state index contributed by atoms with van der Waals surface area (Å²) in [7, 11) is 0. The molecule has 0 N–H and O–H groups in total. The highest BCUT2D eigenvalue weighted by molar-refractivity contribution is 6.44. The highest BCUT2D eigenvalue weighted by Crippen LogP contribution is 2.31. The van der Waals surface area contributed by atoms with E-state index < -0.39 is 10.8 Å². The number of halogens is 2. The molecule has 0 amide bonds. The van der Waals surface area contributed by atoms with Crippen molar-refractivity contribution in [1.82, 2.24) is 0 Å². The maximum atomic E-state index is 11.7. The van der Waals surface area contributed by atoms with Gasteiger partial charge in [0.05, 0.1) is 0 Å². The molecule has 1 aliphatic carbocycles. The van der Waals surface area contributed by atoms with Crippen molar-refractivity contribution in [2.45, 2.75) is 63.3 Å². The van der Waals surface area contributed by atoms with Gasteiger partial charge in [-0.1, -0.05) is 13.8 Å². The zero-order valence-corrected chi connectivity index (χ0v) is 14.2. The minimum atomic E-state index is -0.713. The van der Waals surface area contributed by atoms with E-state index in [2.05, 4.69) is 13.8 Å². The van der Waals surface area contributed by atoms with Crippen LogP contribution in [0.25, 0.3) is 0 Å². The highest BCUT2D eigenvalue weighted by atomic mass is 35.5. The fourth-order valence-electron chi connectivity index (χ4n) is 2.46. The molecule has 0 aromatic carbocycles. The predicted molar refractivity (Wildman–Crippen MR) is 82.4 cm³/mol. The SMILES string of the molecule is CC1CCC(OC(=O)CCCC(=O)OCC(Cl)Cl)CC1C. The summed E-state index contributed by atoms with van der Waals surface area (Å²) in [6.45, 7) is 4.41. The second-order valence-corrected chi connectivity index (χ2v) is 7.08. The van der Waals surface area contributed by atoms with Gasteiger partial charge in [-0.25, -0.2) is 0 Å². The molecule has 0 spiro atoms. The van der Waals surface area contributed by atoms with E-state index in [9.17, 15) is 9.59 Å². The van der Waals surface area contributed by atoms with Crippen molar-refractivity contribution in [3.8, 4) is 0 Å². The summed E-state index contributed by atoms with van der Waals surface area (Å²) in [6.07, 6.45) is 3.83. The molecule has 0 radical (unpaired) electrons. The summed E-state index contributed by atoms with van der Waals surface area (Å²) in [6, 6.07) is 0. The van der Waals surface area contributed by atoms with Gasteiger partial charge in [0.1, 0.15) is 17.5 Å². The van der Waals surface area contributed by atoms with Crippen LogP contribution in [0, 0.1) is 11.8 Å². The van der Waals surface area contributed by atoms with Gasteiger partial charge in [-0.15, -0.1) is 23.2 Å². The molecule has 3 unspecified atom stereocenters. The normalized spacial score (nSPS) is 25.7. The van der Waals surface area contributed by atoms with Gasteiger partial charge in [0.25, 0.3) is 0 Å². The van der Waals surface area contributed by atoms with Crippen LogP contribution in [0.2, 0.25) is 0 Å². The molecule has 0 aromatic rings. The maximum Gasteiger partial charge on any atom is 0.306 e. The Balaban J connectivity index is 2.12. The summed E-state index contributed by atoms with van der Waals surface area (Å²) in [5.74, 6) is 0.657. The van der Waals surface area contributed by atoms with Crippen LogP contribution in [-0.2, 0) is 19.1 Å². The largest absolute Gasteiger partial charge is 0.463 e. The van der Waals surface area contributed by atoms with Crippen LogP contribution < -0.4 is 0 Å². The number of esters is 2. The van der Waals surface area contributed by atoms with E-state index in [1.807, 2.05) is 0 Å². The number of hydrogen-bond acceptors (Lipinski definition) is 4. The average molecular weight is 339 g/mol. The van der Waals surface area contributed by atoms with E-state index in [0.717, 1.165) is 19.3 Å². The Hall–Kier alpha value is -0.480. The van der Waals surface area contributed by atoms with Crippen molar-refractivity contribution in [3.05, 3.63) is 0 Å². The summed E-state index contributed by atoms with van der Waals surface area (Å²) < 4.78 is 10.3. The molecule has 21 heavy (non-hydrogen) atoms. The first-order valence-corrected chi connectivity index (χ1v) is 8.39. The highest BCUT2D eigenvalue weighted by Gasteiger charge is 2.26. The molecule has 0 saturated heterocycles. The lowest BCUT2D eigenvalue weighted by atomic mass is 9.80. The maximum absolute atomic E-state index is 11.7. The van der Waals surface area contributed by atoms with Crippen molar-refractivity contribution >= 4 is 35.1 Å². The average Bonchev–Trinajstić information content (AvgIpc) is 2.40. The lowest BCUT2D eigenvalue weighted by molar-refractivity contribution is -0.152. The van der Waals surface area contributed by atoms with Gasteiger partial charge in [-0.2, -0.15) is 0 Å². The van der Waals surface area contributed by atoms with Crippen LogP contribution in [0.4, 0.5) is 0 Å². The van der Waals surface area contributed by atoms with Gasteiger partial charge < -0.3 is 9.47 Å². The summed E-state index contributed by atoms with van der Waals surface area (Å²) in [4.78, 5) is 22.3. The number of alkyl halides is 2. The van der Waals surface area contributed by atoms with Crippen LogP contribution in [-0.4, -0.2) is 29.5 Å². The lowest BCUT2D eigenvalue weighted by Gasteiger charge is -2.31. The van der Waals surface area contributed by atoms with E-state index in [-0.39, 0.29) is 31.5 Å².